The van der Waals surface area contributed by atoms with Crippen LogP contribution in [-0.4, -0.2) is 57.0 Å². The molecule has 0 atom stereocenters. The molecule has 7 heteroatoms. The fourth-order valence-electron chi connectivity index (χ4n) is 2.64. The first-order valence-electron chi connectivity index (χ1n) is 8.09. The molecule has 0 radical (unpaired) electrons. The highest BCUT2D eigenvalue weighted by Gasteiger charge is 2.28. The average molecular weight is 336 g/mol. The van der Waals surface area contributed by atoms with Gasteiger partial charge < -0.3 is 5.32 Å². The van der Waals surface area contributed by atoms with Crippen molar-refractivity contribution in [1.82, 2.24) is 14.3 Å². The molecule has 5 nitrogen and oxygen atoms in total. The Morgan fingerprint density at radius 2 is 1.86 bits per heavy atom. The van der Waals surface area contributed by atoms with Crippen molar-refractivity contribution in [2.45, 2.75) is 44.6 Å². The van der Waals surface area contributed by atoms with E-state index in [2.05, 4.69) is 16.3 Å². The number of thioether (sulfide) groups is 1. The number of nitrogens with zero attached hydrogens (tertiary/aromatic N) is 1. The Morgan fingerprint density at radius 3 is 2.48 bits per heavy atom. The molecular weight excluding hydrogens is 306 g/mol. The lowest BCUT2D eigenvalue weighted by atomic mass is 9.98. The summed E-state index contributed by atoms with van der Waals surface area (Å²) in [5, 5.41) is 3.55. The van der Waals surface area contributed by atoms with Gasteiger partial charge in [-0.1, -0.05) is 0 Å². The fourth-order valence-corrected chi connectivity index (χ4v) is 4.41. The van der Waals surface area contributed by atoms with Crippen molar-refractivity contribution in [2.24, 2.45) is 5.92 Å². The standard InChI is InChI=1S/C14H29N3O2S2/c1-20-11-3-2-8-16-21(18,19)17-9-6-13(7-10-17)12-15-14-4-5-14/h13-16H,2-12H2,1H3. The van der Waals surface area contributed by atoms with Crippen molar-refractivity contribution < 1.29 is 8.42 Å². The molecule has 2 N–H and O–H groups in total. The van der Waals surface area contributed by atoms with Gasteiger partial charge in [0.15, 0.2) is 0 Å². The van der Waals surface area contributed by atoms with Gasteiger partial charge in [0.05, 0.1) is 0 Å². The van der Waals surface area contributed by atoms with E-state index in [4.69, 9.17) is 0 Å². The van der Waals surface area contributed by atoms with Crippen molar-refractivity contribution in [2.75, 3.05) is 38.2 Å². The fraction of sp³-hybridized carbons (Fsp3) is 1.00. The van der Waals surface area contributed by atoms with Crippen LogP contribution in [-0.2, 0) is 10.2 Å². The summed E-state index contributed by atoms with van der Waals surface area (Å²) >= 11 is 1.81. The van der Waals surface area contributed by atoms with Crippen LogP contribution in [0.4, 0.5) is 0 Å². The van der Waals surface area contributed by atoms with Crippen LogP contribution in [0.2, 0.25) is 0 Å². The molecule has 1 aliphatic heterocycles. The van der Waals surface area contributed by atoms with Crippen molar-refractivity contribution >= 4 is 22.0 Å². The average Bonchev–Trinajstić information content (AvgIpc) is 3.29. The van der Waals surface area contributed by atoms with Crippen LogP contribution in [0.5, 0.6) is 0 Å². The van der Waals surface area contributed by atoms with Crippen LogP contribution in [0.1, 0.15) is 38.5 Å². The maximum Gasteiger partial charge on any atom is 0.279 e. The summed E-state index contributed by atoms with van der Waals surface area (Å²) in [6.07, 6.45) is 8.65. The Labute approximate surface area is 133 Å². The molecule has 0 spiro atoms. The van der Waals surface area contributed by atoms with E-state index in [9.17, 15) is 8.42 Å². The molecule has 2 fully saturated rings. The summed E-state index contributed by atoms with van der Waals surface area (Å²) in [7, 11) is -3.26. The molecule has 0 aromatic carbocycles. The van der Waals surface area contributed by atoms with E-state index >= 15 is 0 Å². The third-order valence-electron chi connectivity index (χ3n) is 4.25. The highest BCUT2D eigenvalue weighted by atomic mass is 32.2. The van der Waals surface area contributed by atoms with Gasteiger partial charge in [0.1, 0.15) is 0 Å². The number of hydrogen-bond donors (Lipinski definition) is 2. The van der Waals surface area contributed by atoms with E-state index in [1.807, 2.05) is 0 Å². The minimum absolute atomic E-state index is 0.562. The van der Waals surface area contributed by atoms with Crippen molar-refractivity contribution in [3.8, 4) is 0 Å². The Hall–Kier alpha value is 0.180. The second-order valence-corrected chi connectivity index (χ2v) is 8.87. The largest absolute Gasteiger partial charge is 0.314 e. The smallest absolute Gasteiger partial charge is 0.279 e. The van der Waals surface area contributed by atoms with Gasteiger partial charge in [-0.05, 0) is 63.0 Å². The van der Waals surface area contributed by atoms with E-state index in [1.54, 1.807) is 16.1 Å². The highest BCUT2D eigenvalue weighted by Crippen LogP contribution is 2.22. The van der Waals surface area contributed by atoms with Gasteiger partial charge in [-0.25, -0.2) is 4.72 Å². The second-order valence-electron chi connectivity index (χ2n) is 6.12. The Balaban J connectivity index is 1.62. The Bertz CT molecular complexity index is 391. The van der Waals surface area contributed by atoms with Crippen LogP contribution in [0.25, 0.3) is 0 Å². The zero-order valence-corrected chi connectivity index (χ0v) is 14.6. The van der Waals surface area contributed by atoms with Gasteiger partial charge in [0.25, 0.3) is 10.2 Å². The summed E-state index contributed by atoms with van der Waals surface area (Å²) in [4.78, 5) is 0. The summed E-state index contributed by atoms with van der Waals surface area (Å²) < 4.78 is 28.7. The van der Waals surface area contributed by atoms with Crippen LogP contribution in [0.3, 0.4) is 0 Å². The minimum Gasteiger partial charge on any atom is -0.314 e. The third kappa shape index (κ3) is 6.44. The van der Waals surface area contributed by atoms with E-state index in [0.29, 0.717) is 25.6 Å². The SMILES string of the molecule is CSCCCCNS(=O)(=O)N1CCC(CNC2CC2)CC1. The van der Waals surface area contributed by atoms with Crippen LogP contribution < -0.4 is 10.0 Å². The summed E-state index contributed by atoms with van der Waals surface area (Å²) in [5.41, 5.74) is 0. The maximum absolute atomic E-state index is 12.2. The van der Waals surface area contributed by atoms with Crippen LogP contribution in [0, 0.1) is 5.92 Å². The lowest BCUT2D eigenvalue weighted by molar-refractivity contribution is 0.264. The molecule has 1 aliphatic carbocycles. The molecule has 0 amide bonds. The molecule has 1 saturated heterocycles. The molecule has 0 aromatic heterocycles. The molecule has 0 unspecified atom stereocenters. The van der Waals surface area contributed by atoms with Gasteiger partial charge in [-0.2, -0.15) is 24.5 Å². The normalized spacial score (nSPS) is 21.8. The number of nitrogens with one attached hydrogen (secondary N) is 2. The molecule has 124 valence electrons. The van der Waals surface area contributed by atoms with Gasteiger partial charge in [0, 0.05) is 25.7 Å². The molecule has 0 bridgehead atoms. The van der Waals surface area contributed by atoms with E-state index < -0.39 is 10.2 Å². The first-order valence-corrected chi connectivity index (χ1v) is 10.9. The quantitative estimate of drug-likeness (QED) is 0.593. The lowest BCUT2D eigenvalue weighted by Crippen LogP contribution is -2.46. The van der Waals surface area contributed by atoms with E-state index in [0.717, 1.165) is 44.0 Å². The summed E-state index contributed by atoms with van der Waals surface area (Å²) in [6.45, 7) is 2.95. The zero-order valence-electron chi connectivity index (χ0n) is 13.0. The van der Waals surface area contributed by atoms with Crippen LogP contribution >= 0.6 is 11.8 Å². The van der Waals surface area contributed by atoms with Crippen molar-refractivity contribution in [3.63, 3.8) is 0 Å². The number of piperidine rings is 1. The molecule has 2 aliphatic rings. The first-order chi connectivity index (χ1) is 10.1. The topological polar surface area (TPSA) is 61.4 Å². The molecule has 1 saturated carbocycles. The Kier molecular flexibility index (Phi) is 7.28. The first kappa shape index (κ1) is 17.5. The number of unbranched alkanes of at least 4 members (excludes halogenated alkanes) is 1. The lowest BCUT2D eigenvalue weighted by Gasteiger charge is -2.31. The van der Waals surface area contributed by atoms with E-state index in [1.165, 1.54) is 12.8 Å². The van der Waals surface area contributed by atoms with E-state index in [-0.39, 0.29) is 0 Å². The predicted molar refractivity (Wildman–Crippen MR) is 89.9 cm³/mol. The zero-order chi connectivity index (χ0) is 15.1. The highest BCUT2D eigenvalue weighted by molar-refractivity contribution is 7.98. The maximum atomic E-state index is 12.2. The molecule has 2 rings (SSSR count). The van der Waals surface area contributed by atoms with Gasteiger partial charge in [-0.15, -0.1) is 0 Å². The third-order valence-corrected chi connectivity index (χ3v) is 6.56. The number of hydrogen-bond acceptors (Lipinski definition) is 4. The molecule has 1 heterocycles. The molecule has 0 aromatic rings. The van der Waals surface area contributed by atoms with Crippen molar-refractivity contribution in [1.29, 1.82) is 0 Å². The second kappa shape index (κ2) is 8.72. The number of rotatable bonds is 10. The monoisotopic (exact) mass is 335 g/mol. The van der Waals surface area contributed by atoms with Gasteiger partial charge >= 0.3 is 0 Å². The summed E-state index contributed by atoms with van der Waals surface area (Å²) in [6, 6.07) is 0.745. The van der Waals surface area contributed by atoms with Crippen molar-refractivity contribution in [3.05, 3.63) is 0 Å². The van der Waals surface area contributed by atoms with Gasteiger partial charge in [0.2, 0.25) is 0 Å². The minimum atomic E-state index is -3.26. The molecule has 21 heavy (non-hydrogen) atoms. The predicted octanol–water partition coefficient (Wildman–Crippen LogP) is 1.43. The molecular formula is C14H29N3O2S2. The summed E-state index contributed by atoms with van der Waals surface area (Å²) in [5.74, 6) is 1.74. The Morgan fingerprint density at radius 1 is 1.14 bits per heavy atom. The van der Waals surface area contributed by atoms with Crippen LogP contribution in [0.15, 0.2) is 0 Å². The van der Waals surface area contributed by atoms with Gasteiger partial charge in [-0.3, -0.25) is 0 Å².